The molecule has 0 bridgehead atoms. The third-order valence-electron chi connectivity index (χ3n) is 4.57. The highest BCUT2D eigenvalue weighted by Crippen LogP contribution is 2.24. The van der Waals surface area contributed by atoms with Crippen molar-refractivity contribution in [1.82, 2.24) is 14.9 Å². The van der Waals surface area contributed by atoms with E-state index in [9.17, 15) is 8.42 Å². The molecule has 1 heterocycles. The number of nitrogens with one attached hydrogen (secondary N) is 2. The minimum atomic E-state index is -3.11. The van der Waals surface area contributed by atoms with Crippen LogP contribution in [0.25, 0.3) is 0 Å². The monoisotopic (exact) mass is 558 g/mol. The van der Waals surface area contributed by atoms with E-state index < -0.39 is 10.0 Å². The summed E-state index contributed by atoms with van der Waals surface area (Å²) in [7, 11) is -3.11. The second-order valence-electron chi connectivity index (χ2n) is 6.80. The minimum Gasteiger partial charge on any atom is -0.487 e. The number of piperidine rings is 1. The average Bonchev–Trinajstić information content (AvgIpc) is 2.68. The maximum atomic E-state index is 12.0. The Labute approximate surface area is 196 Å². The van der Waals surface area contributed by atoms with Crippen molar-refractivity contribution in [1.29, 1.82) is 0 Å². The van der Waals surface area contributed by atoms with Gasteiger partial charge < -0.3 is 15.4 Å². The summed E-state index contributed by atoms with van der Waals surface area (Å²) in [6, 6.07) is 7.57. The minimum absolute atomic E-state index is 0. The zero-order valence-corrected chi connectivity index (χ0v) is 21.1. The van der Waals surface area contributed by atoms with Crippen LogP contribution in [0.1, 0.15) is 33.6 Å². The lowest BCUT2D eigenvalue weighted by atomic mass is 10.1. The molecular weight excluding hydrogens is 527 g/mol. The van der Waals surface area contributed by atoms with Crippen molar-refractivity contribution < 1.29 is 13.2 Å². The summed E-state index contributed by atoms with van der Waals surface area (Å²) in [4.78, 5) is 4.61. The van der Waals surface area contributed by atoms with Crippen molar-refractivity contribution in [2.75, 3.05) is 31.9 Å². The van der Waals surface area contributed by atoms with Gasteiger partial charge in [-0.15, -0.1) is 24.0 Å². The van der Waals surface area contributed by atoms with Crippen LogP contribution in [0.5, 0.6) is 5.75 Å². The zero-order chi connectivity index (χ0) is 20.6. The van der Waals surface area contributed by atoms with Gasteiger partial charge in [-0.3, -0.25) is 0 Å². The number of rotatable bonds is 8. The van der Waals surface area contributed by atoms with Crippen LogP contribution in [-0.4, -0.2) is 62.8 Å². The van der Waals surface area contributed by atoms with Gasteiger partial charge in [-0.2, -0.15) is 0 Å². The third kappa shape index (κ3) is 8.47. The summed E-state index contributed by atoms with van der Waals surface area (Å²) in [6.45, 7) is 7.94. The molecule has 2 N–H and O–H groups in total. The van der Waals surface area contributed by atoms with Gasteiger partial charge in [0.05, 0.1) is 17.3 Å². The normalized spacial score (nSPS) is 17.3. The van der Waals surface area contributed by atoms with E-state index in [-0.39, 0.29) is 41.9 Å². The Morgan fingerprint density at radius 3 is 2.55 bits per heavy atom. The van der Waals surface area contributed by atoms with Gasteiger partial charge in [-0.05, 0) is 45.7 Å². The number of ether oxygens (including phenoxy) is 1. The summed E-state index contributed by atoms with van der Waals surface area (Å²) < 4.78 is 31.4. The maximum Gasteiger partial charge on any atom is 0.213 e. The van der Waals surface area contributed by atoms with E-state index >= 15 is 0 Å². The number of halogens is 2. The molecule has 1 aromatic rings. The summed E-state index contributed by atoms with van der Waals surface area (Å²) >= 11 is 6.13. The molecule has 0 radical (unpaired) electrons. The van der Waals surface area contributed by atoms with Crippen molar-refractivity contribution in [2.24, 2.45) is 4.99 Å². The van der Waals surface area contributed by atoms with E-state index in [0.717, 1.165) is 19.4 Å². The second-order valence-corrected chi connectivity index (χ2v) is 9.46. The van der Waals surface area contributed by atoms with Crippen molar-refractivity contribution in [2.45, 2.75) is 45.8 Å². The molecule has 1 atom stereocenters. The van der Waals surface area contributed by atoms with E-state index in [4.69, 9.17) is 16.3 Å². The number of hydrogen-bond acceptors (Lipinski definition) is 4. The Bertz CT molecular complexity index is 756. The van der Waals surface area contributed by atoms with Crippen LogP contribution in [0.3, 0.4) is 0 Å². The topological polar surface area (TPSA) is 83.0 Å². The number of hydrogen-bond donors (Lipinski definition) is 2. The van der Waals surface area contributed by atoms with E-state index in [2.05, 4.69) is 15.6 Å². The summed E-state index contributed by atoms with van der Waals surface area (Å²) in [6.07, 6.45) is 1.39. The Morgan fingerprint density at radius 1 is 1.31 bits per heavy atom. The molecule has 2 rings (SSSR count). The molecule has 0 spiro atoms. The molecule has 1 aromatic carbocycles. The summed E-state index contributed by atoms with van der Waals surface area (Å²) in [5, 5.41) is 7.23. The van der Waals surface area contributed by atoms with Gasteiger partial charge in [0.15, 0.2) is 5.96 Å². The molecule has 1 saturated heterocycles. The van der Waals surface area contributed by atoms with Gasteiger partial charge >= 0.3 is 0 Å². The molecule has 0 saturated carbocycles. The predicted octanol–water partition coefficient (Wildman–Crippen LogP) is 3.09. The van der Waals surface area contributed by atoms with Gasteiger partial charge in [0.1, 0.15) is 11.9 Å². The number of nitrogens with zero attached hydrogens (tertiary/aromatic N) is 2. The molecule has 0 amide bonds. The Morgan fingerprint density at radius 2 is 1.97 bits per heavy atom. The number of guanidine groups is 1. The van der Waals surface area contributed by atoms with Crippen LogP contribution in [-0.2, 0) is 10.0 Å². The van der Waals surface area contributed by atoms with E-state index in [1.54, 1.807) is 17.3 Å². The van der Waals surface area contributed by atoms with Gasteiger partial charge in [0, 0.05) is 25.7 Å². The first-order valence-corrected chi connectivity index (χ1v) is 11.8. The number of benzene rings is 1. The van der Waals surface area contributed by atoms with Gasteiger partial charge in [-0.1, -0.05) is 23.7 Å². The fourth-order valence-corrected chi connectivity index (χ4v) is 4.30. The van der Waals surface area contributed by atoms with Crippen molar-refractivity contribution in [3.8, 4) is 5.75 Å². The lowest BCUT2D eigenvalue weighted by Crippen LogP contribution is -2.50. The molecule has 7 nitrogen and oxygen atoms in total. The molecule has 1 aliphatic rings. The predicted molar refractivity (Wildman–Crippen MR) is 130 cm³/mol. The zero-order valence-electron chi connectivity index (χ0n) is 17.2. The SMILES string of the molecule is CCNC(=NCC(C)Oc1ccccc1Cl)NC1CCN(S(=O)(=O)CC)CC1.I. The first kappa shape index (κ1) is 26.3. The van der Waals surface area contributed by atoms with E-state index in [1.165, 1.54) is 0 Å². The van der Waals surface area contributed by atoms with Gasteiger partial charge in [0.25, 0.3) is 0 Å². The first-order valence-electron chi connectivity index (χ1n) is 9.79. The average molecular weight is 559 g/mol. The largest absolute Gasteiger partial charge is 0.487 e. The lowest BCUT2D eigenvalue weighted by Gasteiger charge is -2.32. The van der Waals surface area contributed by atoms with Crippen LogP contribution < -0.4 is 15.4 Å². The lowest BCUT2D eigenvalue weighted by molar-refractivity contribution is 0.230. The molecule has 166 valence electrons. The molecule has 10 heteroatoms. The summed E-state index contributed by atoms with van der Waals surface area (Å²) in [5.41, 5.74) is 0. The maximum absolute atomic E-state index is 12.0. The quantitative estimate of drug-likeness (QED) is 0.291. The molecule has 0 aliphatic carbocycles. The molecule has 1 unspecified atom stereocenters. The van der Waals surface area contributed by atoms with E-state index in [1.807, 2.05) is 32.0 Å². The third-order valence-corrected chi connectivity index (χ3v) is 6.76. The van der Waals surface area contributed by atoms with Crippen molar-refractivity contribution >= 4 is 51.6 Å². The Kier molecular flexibility index (Phi) is 11.6. The smallest absolute Gasteiger partial charge is 0.213 e. The van der Waals surface area contributed by atoms with Gasteiger partial charge in [-0.25, -0.2) is 17.7 Å². The number of aliphatic imine (C=N–C) groups is 1. The Balaban J connectivity index is 0.00000420. The molecular formula is C19H32ClIN4O3S. The molecule has 29 heavy (non-hydrogen) atoms. The number of sulfonamides is 1. The van der Waals surface area contributed by atoms with E-state index in [0.29, 0.717) is 36.4 Å². The van der Waals surface area contributed by atoms with Crippen LogP contribution >= 0.6 is 35.6 Å². The van der Waals surface area contributed by atoms with Crippen LogP contribution in [0, 0.1) is 0 Å². The van der Waals surface area contributed by atoms with Crippen LogP contribution in [0.15, 0.2) is 29.3 Å². The molecule has 1 fully saturated rings. The van der Waals surface area contributed by atoms with Gasteiger partial charge in [0.2, 0.25) is 10.0 Å². The fourth-order valence-electron chi connectivity index (χ4n) is 2.99. The highest BCUT2D eigenvalue weighted by atomic mass is 127. The summed E-state index contributed by atoms with van der Waals surface area (Å²) in [5.74, 6) is 1.52. The van der Waals surface area contributed by atoms with Crippen LogP contribution in [0.4, 0.5) is 0 Å². The van der Waals surface area contributed by atoms with Crippen LogP contribution in [0.2, 0.25) is 5.02 Å². The standard InChI is InChI=1S/C19H31ClN4O3S.HI/c1-4-21-19(22-14-15(3)27-18-9-7-6-8-17(18)20)23-16-10-12-24(13-11-16)28(25,26)5-2;/h6-9,15-16H,4-5,10-14H2,1-3H3,(H2,21,22,23);1H. The first-order chi connectivity index (χ1) is 13.4. The number of para-hydroxylation sites is 1. The Hall–Kier alpha value is -0.780. The molecule has 1 aliphatic heterocycles. The van der Waals surface area contributed by atoms with Crippen molar-refractivity contribution in [3.63, 3.8) is 0 Å². The fraction of sp³-hybridized carbons (Fsp3) is 0.632. The van der Waals surface area contributed by atoms with Crippen molar-refractivity contribution in [3.05, 3.63) is 29.3 Å². The highest BCUT2D eigenvalue weighted by molar-refractivity contribution is 14.0. The highest BCUT2D eigenvalue weighted by Gasteiger charge is 2.27. The second kappa shape index (κ2) is 12.8. The molecule has 0 aromatic heterocycles.